The molecule has 0 radical (unpaired) electrons. The van der Waals surface area contributed by atoms with E-state index in [2.05, 4.69) is 36.7 Å². The Morgan fingerprint density at radius 3 is 1.83 bits per heavy atom. The minimum absolute atomic E-state index is 0.0824. The minimum atomic E-state index is 0.0824. The van der Waals surface area contributed by atoms with Crippen LogP contribution in [0.15, 0.2) is 60.7 Å². The molecular formula is C16H19NO. The second kappa shape index (κ2) is 6.94. The monoisotopic (exact) mass is 241 g/mol. The molecule has 0 saturated heterocycles. The summed E-state index contributed by atoms with van der Waals surface area (Å²) in [5.41, 5.74) is 5.57. The maximum Gasteiger partial charge on any atom is 0.0821 e. The van der Waals surface area contributed by atoms with Crippen LogP contribution >= 0.6 is 0 Å². The van der Waals surface area contributed by atoms with Gasteiger partial charge in [-0.25, -0.2) is 0 Å². The van der Waals surface area contributed by atoms with Crippen molar-refractivity contribution in [3.8, 4) is 0 Å². The van der Waals surface area contributed by atoms with Crippen molar-refractivity contribution in [1.29, 1.82) is 0 Å². The van der Waals surface area contributed by atoms with E-state index in [4.69, 9.17) is 4.84 Å². The van der Waals surface area contributed by atoms with Gasteiger partial charge in [0, 0.05) is 0 Å². The van der Waals surface area contributed by atoms with Crippen LogP contribution in [0.4, 0.5) is 0 Å². The lowest BCUT2D eigenvalue weighted by molar-refractivity contribution is 0.0247. The van der Waals surface area contributed by atoms with Crippen molar-refractivity contribution >= 4 is 0 Å². The van der Waals surface area contributed by atoms with Gasteiger partial charge in [-0.15, -0.1) is 0 Å². The summed E-state index contributed by atoms with van der Waals surface area (Å²) < 4.78 is 0. The molecule has 0 aromatic heterocycles. The molecule has 94 valence electrons. The third-order valence-electron chi connectivity index (χ3n) is 2.77. The number of hydrogen-bond donors (Lipinski definition) is 1. The molecule has 2 nitrogen and oxygen atoms in total. The Morgan fingerprint density at radius 2 is 1.39 bits per heavy atom. The molecule has 18 heavy (non-hydrogen) atoms. The van der Waals surface area contributed by atoms with E-state index in [9.17, 15) is 0 Å². The molecular weight excluding hydrogens is 222 g/mol. The highest BCUT2D eigenvalue weighted by Crippen LogP contribution is 2.21. The van der Waals surface area contributed by atoms with E-state index in [0.717, 1.165) is 13.0 Å². The van der Waals surface area contributed by atoms with Crippen LogP contribution in [0.2, 0.25) is 0 Å². The van der Waals surface area contributed by atoms with Crippen molar-refractivity contribution in [3.63, 3.8) is 0 Å². The van der Waals surface area contributed by atoms with Crippen LogP contribution in [-0.2, 0) is 4.84 Å². The molecule has 0 aliphatic heterocycles. The molecule has 2 heteroatoms. The summed E-state index contributed by atoms with van der Waals surface area (Å²) in [6.45, 7) is 2.82. The molecule has 0 spiro atoms. The SMILES string of the molecule is CCCONC(c1ccccc1)c1ccccc1. The molecule has 0 heterocycles. The van der Waals surface area contributed by atoms with Crippen LogP contribution in [-0.4, -0.2) is 6.61 Å². The predicted molar refractivity (Wildman–Crippen MR) is 74.1 cm³/mol. The summed E-state index contributed by atoms with van der Waals surface area (Å²) in [4.78, 5) is 5.50. The van der Waals surface area contributed by atoms with E-state index >= 15 is 0 Å². The fraction of sp³-hybridized carbons (Fsp3) is 0.250. The predicted octanol–water partition coefficient (Wildman–Crippen LogP) is 3.71. The Labute approximate surface area is 109 Å². The molecule has 1 N–H and O–H groups in total. The van der Waals surface area contributed by atoms with Crippen LogP contribution in [0, 0.1) is 0 Å². The largest absolute Gasteiger partial charge is 0.301 e. The fourth-order valence-corrected chi connectivity index (χ4v) is 1.86. The van der Waals surface area contributed by atoms with Crippen molar-refractivity contribution in [3.05, 3.63) is 71.8 Å². The second-order valence-corrected chi connectivity index (χ2v) is 4.22. The lowest BCUT2D eigenvalue weighted by atomic mass is 10.00. The molecule has 2 aromatic rings. The summed E-state index contributed by atoms with van der Waals surface area (Å²) in [6, 6.07) is 20.8. The molecule has 2 aromatic carbocycles. The fourth-order valence-electron chi connectivity index (χ4n) is 1.86. The Morgan fingerprint density at radius 1 is 0.889 bits per heavy atom. The number of benzene rings is 2. The zero-order valence-corrected chi connectivity index (χ0v) is 10.7. The molecule has 0 fully saturated rings. The van der Waals surface area contributed by atoms with Crippen molar-refractivity contribution in [1.82, 2.24) is 5.48 Å². The summed E-state index contributed by atoms with van der Waals surface area (Å²) in [5, 5.41) is 0. The van der Waals surface area contributed by atoms with Crippen LogP contribution in [0.3, 0.4) is 0 Å². The van der Waals surface area contributed by atoms with Gasteiger partial charge in [-0.05, 0) is 17.5 Å². The van der Waals surface area contributed by atoms with Crippen molar-refractivity contribution < 1.29 is 4.84 Å². The molecule has 0 amide bonds. The van der Waals surface area contributed by atoms with Crippen molar-refractivity contribution in [2.75, 3.05) is 6.61 Å². The maximum absolute atomic E-state index is 5.50. The topological polar surface area (TPSA) is 21.3 Å². The van der Waals surface area contributed by atoms with E-state index in [1.165, 1.54) is 11.1 Å². The number of hydroxylamine groups is 1. The van der Waals surface area contributed by atoms with Gasteiger partial charge in [0.2, 0.25) is 0 Å². The average molecular weight is 241 g/mol. The van der Waals surface area contributed by atoms with Crippen LogP contribution in [0.5, 0.6) is 0 Å². The quantitative estimate of drug-likeness (QED) is 0.615. The zero-order valence-electron chi connectivity index (χ0n) is 10.7. The summed E-state index contributed by atoms with van der Waals surface area (Å²) >= 11 is 0. The van der Waals surface area contributed by atoms with E-state index in [0.29, 0.717) is 0 Å². The van der Waals surface area contributed by atoms with E-state index in [1.807, 2.05) is 36.4 Å². The van der Waals surface area contributed by atoms with Crippen molar-refractivity contribution in [2.24, 2.45) is 0 Å². The van der Waals surface area contributed by atoms with Crippen LogP contribution in [0.25, 0.3) is 0 Å². The summed E-state index contributed by atoms with van der Waals surface area (Å²) in [5.74, 6) is 0. The first-order valence-electron chi connectivity index (χ1n) is 6.39. The first-order valence-corrected chi connectivity index (χ1v) is 6.39. The molecule has 0 aliphatic rings. The Hall–Kier alpha value is -1.64. The van der Waals surface area contributed by atoms with E-state index in [1.54, 1.807) is 0 Å². The van der Waals surface area contributed by atoms with Gasteiger partial charge in [-0.3, -0.25) is 0 Å². The molecule has 0 unspecified atom stereocenters. The molecule has 2 rings (SSSR count). The highest BCUT2D eigenvalue weighted by molar-refractivity contribution is 5.30. The van der Waals surface area contributed by atoms with Gasteiger partial charge < -0.3 is 4.84 Å². The third kappa shape index (κ3) is 3.42. The van der Waals surface area contributed by atoms with Gasteiger partial charge in [0.25, 0.3) is 0 Å². The Balaban J connectivity index is 2.18. The van der Waals surface area contributed by atoms with E-state index < -0.39 is 0 Å². The Kier molecular flexibility index (Phi) is 4.94. The molecule has 0 aliphatic carbocycles. The van der Waals surface area contributed by atoms with Crippen molar-refractivity contribution in [2.45, 2.75) is 19.4 Å². The van der Waals surface area contributed by atoms with Gasteiger partial charge in [-0.1, -0.05) is 67.6 Å². The van der Waals surface area contributed by atoms with Gasteiger partial charge in [0.05, 0.1) is 12.6 Å². The van der Waals surface area contributed by atoms with Gasteiger partial charge in [0.15, 0.2) is 0 Å². The molecule has 0 saturated carbocycles. The number of hydrogen-bond acceptors (Lipinski definition) is 2. The summed E-state index contributed by atoms with van der Waals surface area (Å²) in [7, 11) is 0. The van der Waals surface area contributed by atoms with Crippen LogP contribution < -0.4 is 5.48 Å². The smallest absolute Gasteiger partial charge is 0.0821 e. The number of nitrogens with one attached hydrogen (secondary N) is 1. The summed E-state index contributed by atoms with van der Waals surface area (Å²) in [6.07, 6.45) is 1.00. The maximum atomic E-state index is 5.50. The molecule has 0 bridgehead atoms. The second-order valence-electron chi connectivity index (χ2n) is 4.22. The highest BCUT2D eigenvalue weighted by atomic mass is 16.6. The van der Waals surface area contributed by atoms with Gasteiger partial charge in [-0.2, -0.15) is 5.48 Å². The van der Waals surface area contributed by atoms with Gasteiger partial charge in [0.1, 0.15) is 0 Å². The first kappa shape index (κ1) is 12.8. The average Bonchev–Trinajstić information content (AvgIpc) is 2.46. The Bertz CT molecular complexity index is 402. The minimum Gasteiger partial charge on any atom is -0.301 e. The zero-order chi connectivity index (χ0) is 12.6. The lowest BCUT2D eigenvalue weighted by Gasteiger charge is -2.19. The lowest BCUT2D eigenvalue weighted by Crippen LogP contribution is -2.23. The molecule has 0 atom stereocenters. The first-order chi connectivity index (χ1) is 8.92. The van der Waals surface area contributed by atoms with E-state index in [-0.39, 0.29) is 6.04 Å². The van der Waals surface area contributed by atoms with Gasteiger partial charge >= 0.3 is 0 Å². The van der Waals surface area contributed by atoms with Crippen LogP contribution in [0.1, 0.15) is 30.5 Å². The standard InChI is InChI=1S/C16H19NO/c1-2-13-18-17-16(14-9-5-3-6-10-14)15-11-7-4-8-12-15/h3-12,16-17H,2,13H2,1H3. The number of rotatable bonds is 6. The normalized spacial score (nSPS) is 10.8. The third-order valence-corrected chi connectivity index (χ3v) is 2.77. The highest BCUT2D eigenvalue weighted by Gasteiger charge is 2.12.